The fraction of sp³-hybridized carbons (Fsp3) is 0.400. The number of nitrogens with two attached hydrogens (primary N) is 1. The van der Waals surface area contributed by atoms with E-state index in [0.29, 0.717) is 5.92 Å². The fourth-order valence-electron chi connectivity index (χ4n) is 4.31. The number of piperazine rings is 1. The molecule has 0 atom stereocenters. The molecule has 3 rings (SSSR count). The number of nitrogens with zero attached hydrogens (tertiary/aromatic N) is 3. The summed E-state index contributed by atoms with van der Waals surface area (Å²) in [5.74, 6) is 0.410. The van der Waals surface area contributed by atoms with E-state index in [2.05, 4.69) is 18.1 Å². The van der Waals surface area contributed by atoms with E-state index in [1.807, 2.05) is 46.2 Å². The van der Waals surface area contributed by atoms with Crippen LogP contribution >= 0.6 is 11.6 Å². The van der Waals surface area contributed by atoms with E-state index in [1.165, 1.54) is 0 Å². The molecular weight excluding hydrogens is 408 g/mol. The lowest BCUT2D eigenvalue weighted by Crippen LogP contribution is -2.54. The molecule has 2 fully saturated rings. The molecule has 2 saturated heterocycles. The Morgan fingerprint density at radius 2 is 1.68 bits per heavy atom. The Labute approximate surface area is 191 Å². The number of carbonyl (C=O) groups is 1. The molecular formula is C25H33ClN4O. The first-order chi connectivity index (χ1) is 15.0. The smallest absolute Gasteiger partial charge is 0.320 e. The van der Waals surface area contributed by atoms with Crippen molar-refractivity contribution in [1.29, 1.82) is 0 Å². The lowest BCUT2D eigenvalue weighted by molar-refractivity contribution is 0.108. The Kier molecular flexibility index (Phi) is 8.38. The van der Waals surface area contributed by atoms with Crippen LogP contribution in [0, 0.1) is 5.92 Å². The summed E-state index contributed by atoms with van der Waals surface area (Å²) in [6.07, 6.45) is 9.12. The van der Waals surface area contributed by atoms with Gasteiger partial charge >= 0.3 is 6.03 Å². The van der Waals surface area contributed by atoms with Crippen LogP contribution in [0.1, 0.15) is 18.4 Å². The minimum atomic E-state index is 0.166. The number of hydrogen-bond acceptors (Lipinski definition) is 3. The van der Waals surface area contributed by atoms with Gasteiger partial charge in [-0.3, -0.25) is 4.90 Å². The molecule has 0 saturated carbocycles. The highest BCUT2D eigenvalue weighted by Gasteiger charge is 2.29. The van der Waals surface area contributed by atoms with Crippen molar-refractivity contribution in [2.75, 3.05) is 45.8 Å². The van der Waals surface area contributed by atoms with Crippen LogP contribution in [0.15, 0.2) is 67.4 Å². The molecule has 1 aromatic carbocycles. The fourth-order valence-corrected chi connectivity index (χ4v) is 4.44. The van der Waals surface area contributed by atoms with Crippen LogP contribution < -0.4 is 5.73 Å². The highest BCUT2D eigenvalue weighted by atomic mass is 35.5. The molecule has 6 heteroatoms. The Morgan fingerprint density at radius 1 is 1.06 bits per heavy atom. The summed E-state index contributed by atoms with van der Waals surface area (Å²) in [5.41, 5.74) is 8.94. The zero-order valence-electron chi connectivity index (χ0n) is 18.2. The molecule has 0 radical (unpaired) electrons. The molecule has 2 aliphatic heterocycles. The summed E-state index contributed by atoms with van der Waals surface area (Å²) >= 11 is 6.00. The number of likely N-dealkylation sites (tertiary alicyclic amines) is 1. The van der Waals surface area contributed by atoms with Gasteiger partial charge in [-0.1, -0.05) is 49.0 Å². The van der Waals surface area contributed by atoms with E-state index in [0.717, 1.165) is 80.4 Å². The molecule has 2 amide bonds. The lowest BCUT2D eigenvalue weighted by Gasteiger charge is -2.40. The van der Waals surface area contributed by atoms with Crippen LogP contribution in [-0.4, -0.2) is 66.5 Å². The van der Waals surface area contributed by atoms with Gasteiger partial charge in [0.25, 0.3) is 0 Å². The van der Waals surface area contributed by atoms with Gasteiger partial charge in [-0.15, -0.1) is 0 Å². The second-order valence-corrected chi connectivity index (χ2v) is 8.61. The highest BCUT2D eigenvalue weighted by molar-refractivity contribution is 6.30. The number of rotatable bonds is 6. The first-order valence-corrected chi connectivity index (χ1v) is 11.3. The SMILES string of the molecule is C=C/C=C(\C=C/N)CN1CCN(C(=O)N2CCC(C(=C)c3ccc(Cl)cc3)CC2)CC1. The molecule has 0 aromatic heterocycles. The summed E-state index contributed by atoms with van der Waals surface area (Å²) in [6.45, 7) is 13.7. The van der Waals surface area contributed by atoms with Gasteiger partial charge in [0.05, 0.1) is 0 Å². The summed E-state index contributed by atoms with van der Waals surface area (Å²) in [6, 6.07) is 8.03. The number of urea groups is 1. The Bertz CT molecular complexity index is 830. The van der Waals surface area contributed by atoms with Crippen LogP contribution in [0.3, 0.4) is 0 Å². The first-order valence-electron chi connectivity index (χ1n) is 10.9. The minimum Gasteiger partial charge on any atom is -0.405 e. The van der Waals surface area contributed by atoms with Crippen LogP contribution in [0.2, 0.25) is 5.02 Å². The topological polar surface area (TPSA) is 52.8 Å². The molecule has 1 aromatic rings. The van der Waals surface area contributed by atoms with Gasteiger partial charge in [0, 0.05) is 50.8 Å². The number of piperidine rings is 1. The first kappa shape index (κ1) is 23.2. The molecule has 0 aliphatic carbocycles. The normalized spacial score (nSPS) is 19.1. The highest BCUT2D eigenvalue weighted by Crippen LogP contribution is 2.31. The molecule has 166 valence electrons. The van der Waals surface area contributed by atoms with Crippen LogP contribution in [-0.2, 0) is 0 Å². The molecule has 31 heavy (non-hydrogen) atoms. The second kappa shape index (κ2) is 11.2. The molecule has 0 unspecified atom stereocenters. The molecule has 2 heterocycles. The molecule has 2 N–H and O–H groups in total. The van der Waals surface area contributed by atoms with Crippen molar-refractivity contribution < 1.29 is 4.79 Å². The number of amides is 2. The van der Waals surface area contributed by atoms with Crippen LogP contribution in [0.25, 0.3) is 5.57 Å². The van der Waals surface area contributed by atoms with E-state index in [1.54, 1.807) is 12.3 Å². The third kappa shape index (κ3) is 6.25. The average Bonchev–Trinajstić information content (AvgIpc) is 2.80. The number of halogens is 1. The number of hydrogen-bond donors (Lipinski definition) is 1. The van der Waals surface area contributed by atoms with E-state index < -0.39 is 0 Å². The molecule has 5 nitrogen and oxygen atoms in total. The van der Waals surface area contributed by atoms with Gasteiger partial charge in [0.2, 0.25) is 0 Å². The third-order valence-electron chi connectivity index (χ3n) is 6.16. The van der Waals surface area contributed by atoms with Crippen molar-refractivity contribution in [3.8, 4) is 0 Å². The maximum absolute atomic E-state index is 13.0. The second-order valence-electron chi connectivity index (χ2n) is 8.18. The summed E-state index contributed by atoms with van der Waals surface area (Å²) in [5, 5.41) is 0.737. The van der Waals surface area contributed by atoms with Gasteiger partial charge in [-0.05, 0) is 59.9 Å². The van der Waals surface area contributed by atoms with Crippen molar-refractivity contribution in [2.24, 2.45) is 11.7 Å². The van der Waals surface area contributed by atoms with Crippen molar-refractivity contribution in [3.05, 3.63) is 78.0 Å². The monoisotopic (exact) mass is 440 g/mol. The van der Waals surface area contributed by atoms with Crippen molar-refractivity contribution in [2.45, 2.75) is 12.8 Å². The predicted molar refractivity (Wildman–Crippen MR) is 130 cm³/mol. The molecule has 0 spiro atoms. The summed E-state index contributed by atoms with van der Waals surface area (Å²) in [4.78, 5) is 19.4. The van der Waals surface area contributed by atoms with Crippen LogP contribution in [0.4, 0.5) is 4.79 Å². The summed E-state index contributed by atoms with van der Waals surface area (Å²) < 4.78 is 0. The van der Waals surface area contributed by atoms with Gasteiger partial charge in [-0.2, -0.15) is 0 Å². The van der Waals surface area contributed by atoms with Gasteiger partial charge in [-0.25, -0.2) is 4.79 Å². The predicted octanol–water partition coefficient (Wildman–Crippen LogP) is 4.39. The van der Waals surface area contributed by atoms with E-state index in [4.69, 9.17) is 17.3 Å². The quantitative estimate of drug-likeness (QED) is 0.667. The van der Waals surface area contributed by atoms with E-state index in [-0.39, 0.29) is 6.03 Å². The maximum Gasteiger partial charge on any atom is 0.320 e. The average molecular weight is 441 g/mol. The van der Waals surface area contributed by atoms with Crippen molar-refractivity contribution in [1.82, 2.24) is 14.7 Å². The minimum absolute atomic E-state index is 0.166. The number of allylic oxidation sites excluding steroid dienone is 3. The lowest BCUT2D eigenvalue weighted by atomic mass is 9.86. The Morgan fingerprint density at radius 3 is 2.26 bits per heavy atom. The maximum atomic E-state index is 13.0. The van der Waals surface area contributed by atoms with Crippen molar-refractivity contribution >= 4 is 23.2 Å². The zero-order chi connectivity index (χ0) is 22.2. The largest absolute Gasteiger partial charge is 0.405 e. The third-order valence-corrected chi connectivity index (χ3v) is 6.42. The van der Waals surface area contributed by atoms with Gasteiger partial charge in [0.1, 0.15) is 0 Å². The zero-order valence-corrected chi connectivity index (χ0v) is 18.9. The number of benzene rings is 1. The number of carbonyl (C=O) groups excluding carboxylic acids is 1. The molecule has 0 bridgehead atoms. The standard InChI is InChI=1S/C25H33ClN4O/c1-3-4-21(9-12-27)19-28-15-17-30(18-16-28)25(31)29-13-10-23(11-14-29)20(2)22-5-7-24(26)8-6-22/h3-9,12,23H,1-2,10-11,13-19,27H2/b12-9-,21-4+. The van der Waals surface area contributed by atoms with Gasteiger partial charge in [0.15, 0.2) is 0 Å². The van der Waals surface area contributed by atoms with Gasteiger partial charge < -0.3 is 15.5 Å². The molecule has 2 aliphatic rings. The summed E-state index contributed by atoms with van der Waals surface area (Å²) in [7, 11) is 0. The van der Waals surface area contributed by atoms with Crippen molar-refractivity contribution in [3.63, 3.8) is 0 Å². The van der Waals surface area contributed by atoms with E-state index >= 15 is 0 Å². The Balaban J connectivity index is 1.46. The van der Waals surface area contributed by atoms with Crippen LogP contribution in [0.5, 0.6) is 0 Å². The van der Waals surface area contributed by atoms with E-state index in [9.17, 15) is 4.79 Å². The Hall–Kier alpha value is -2.50.